The van der Waals surface area contributed by atoms with Gasteiger partial charge in [-0.25, -0.2) is 15.0 Å². The number of rotatable bonds is 3. The van der Waals surface area contributed by atoms with Gasteiger partial charge in [-0.05, 0) is 30.7 Å². The number of aromatic nitrogens is 3. The summed E-state index contributed by atoms with van der Waals surface area (Å²) in [5.74, 6) is 0. The topological polar surface area (TPSA) is 81.8 Å². The molecule has 2 heterocycles. The van der Waals surface area contributed by atoms with Crippen molar-refractivity contribution in [2.45, 2.75) is 13.3 Å². The molecule has 8 heteroatoms. The van der Waals surface area contributed by atoms with Crippen LogP contribution in [-0.4, -0.2) is 19.9 Å². The van der Waals surface area contributed by atoms with Gasteiger partial charge >= 0.3 is 5.69 Å². The summed E-state index contributed by atoms with van der Waals surface area (Å²) in [6.45, 7) is 1.55. The van der Waals surface area contributed by atoms with Crippen molar-refractivity contribution in [3.05, 3.63) is 56.1 Å². The summed E-state index contributed by atoms with van der Waals surface area (Å²) in [7, 11) is 0. The first kappa shape index (κ1) is 13.8. The lowest BCUT2D eigenvalue weighted by Crippen LogP contribution is -2.04. The molecule has 1 aromatic carbocycles. The Morgan fingerprint density at radius 1 is 1.29 bits per heavy atom. The fourth-order valence-electron chi connectivity index (χ4n) is 2.09. The van der Waals surface area contributed by atoms with E-state index in [4.69, 9.17) is 11.6 Å². The standard InChI is InChI=1S/C13H9ClN4O2S/c1-7-12(18(19)20)9(17-13(14)15-7)6-11-16-8-4-2-3-5-10(8)21-11/h2-5H,6H2,1H3. The van der Waals surface area contributed by atoms with Crippen LogP contribution < -0.4 is 0 Å². The van der Waals surface area contributed by atoms with E-state index < -0.39 is 4.92 Å². The van der Waals surface area contributed by atoms with Crippen molar-refractivity contribution in [3.8, 4) is 0 Å². The number of hydrogen-bond acceptors (Lipinski definition) is 6. The molecule has 0 aliphatic carbocycles. The first-order valence-corrected chi connectivity index (χ1v) is 7.26. The molecule has 106 valence electrons. The van der Waals surface area contributed by atoms with Gasteiger partial charge < -0.3 is 0 Å². The fourth-order valence-corrected chi connectivity index (χ4v) is 3.29. The zero-order valence-corrected chi connectivity index (χ0v) is 12.5. The maximum Gasteiger partial charge on any atom is 0.312 e. The third kappa shape index (κ3) is 2.70. The lowest BCUT2D eigenvalue weighted by Gasteiger charge is -2.03. The van der Waals surface area contributed by atoms with E-state index in [0.717, 1.165) is 15.2 Å². The molecule has 0 atom stereocenters. The second-order valence-electron chi connectivity index (χ2n) is 4.38. The molecule has 0 aliphatic rings. The third-order valence-corrected chi connectivity index (χ3v) is 4.15. The monoisotopic (exact) mass is 320 g/mol. The van der Waals surface area contributed by atoms with Crippen LogP contribution in [0.25, 0.3) is 10.2 Å². The summed E-state index contributed by atoms with van der Waals surface area (Å²) >= 11 is 7.30. The number of nitrogens with zero attached hydrogens (tertiary/aromatic N) is 4. The number of aryl methyl sites for hydroxylation is 1. The Balaban J connectivity index is 2.06. The summed E-state index contributed by atoms with van der Waals surface area (Å²) in [5, 5.41) is 11.9. The van der Waals surface area contributed by atoms with E-state index in [-0.39, 0.29) is 28.8 Å². The predicted molar refractivity (Wildman–Crippen MR) is 80.9 cm³/mol. The van der Waals surface area contributed by atoms with Crippen LogP contribution in [0.4, 0.5) is 5.69 Å². The van der Waals surface area contributed by atoms with Gasteiger partial charge in [0.1, 0.15) is 16.4 Å². The van der Waals surface area contributed by atoms with Gasteiger partial charge in [0, 0.05) is 6.42 Å². The summed E-state index contributed by atoms with van der Waals surface area (Å²) in [6, 6.07) is 7.70. The average Bonchev–Trinajstić information content (AvgIpc) is 2.79. The molecule has 21 heavy (non-hydrogen) atoms. The van der Waals surface area contributed by atoms with Crippen molar-refractivity contribution >= 4 is 38.8 Å². The van der Waals surface area contributed by atoms with Gasteiger partial charge in [0.25, 0.3) is 0 Å². The van der Waals surface area contributed by atoms with E-state index in [1.165, 1.54) is 11.3 Å². The molecular formula is C13H9ClN4O2S. The molecule has 0 spiro atoms. The lowest BCUT2D eigenvalue weighted by atomic mass is 10.2. The van der Waals surface area contributed by atoms with E-state index in [0.29, 0.717) is 0 Å². The van der Waals surface area contributed by atoms with E-state index in [1.807, 2.05) is 24.3 Å². The highest BCUT2D eigenvalue weighted by Gasteiger charge is 2.22. The fraction of sp³-hybridized carbons (Fsp3) is 0.154. The Bertz CT molecular complexity index is 816. The van der Waals surface area contributed by atoms with Crippen LogP contribution in [0.2, 0.25) is 5.28 Å². The maximum atomic E-state index is 11.2. The molecular weight excluding hydrogens is 312 g/mol. The number of para-hydroxylation sites is 1. The zero-order chi connectivity index (χ0) is 15.0. The van der Waals surface area contributed by atoms with Crippen LogP contribution >= 0.6 is 22.9 Å². The Kier molecular flexibility index (Phi) is 3.52. The van der Waals surface area contributed by atoms with E-state index in [2.05, 4.69) is 15.0 Å². The number of hydrogen-bond donors (Lipinski definition) is 0. The molecule has 2 aromatic heterocycles. The maximum absolute atomic E-state index is 11.2. The third-order valence-electron chi connectivity index (χ3n) is 2.94. The molecule has 3 aromatic rings. The molecule has 0 amide bonds. The molecule has 0 saturated carbocycles. The largest absolute Gasteiger partial charge is 0.312 e. The van der Waals surface area contributed by atoms with Crippen LogP contribution in [0.3, 0.4) is 0 Å². The average molecular weight is 321 g/mol. The Labute approximate surface area is 128 Å². The quantitative estimate of drug-likeness (QED) is 0.419. The molecule has 0 unspecified atom stereocenters. The Morgan fingerprint density at radius 3 is 2.76 bits per heavy atom. The minimum Gasteiger partial charge on any atom is -0.258 e. The van der Waals surface area contributed by atoms with Gasteiger partial charge in [-0.15, -0.1) is 11.3 Å². The van der Waals surface area contributed by atoms with Crippen LogP contribution in [0.1, 0.15) is 16.4 Å². The molecule has 0 bridgehead atoms. The van der Waals surface area contributed by atoms with Gasteiger partial charge in [0.15, 0.2) is 0 Å². The first-order chi connectivity index (χ1) is 10.0. The van der Waals surface area contributed by atoms with Gasteiger partial charge in [-0.2, -0.15) is 0 Å². The Hall–Kier alpha value is -2.12. The highest BCUT2D eigenvalue weighted by molar-refractivity contribution is 7.18. The van der Waals surface area contributed by atoms with Crippen LogP contribution in [-0.2, 0) is 6.42 Å². The lowest BCUT2D eigenvalue weighted by molar-refractivity contribution is -0.386. The highest BCUT2D eigenvalue weighted by atomic mass is 35.5. The van der Waals surface area contributed by atoms with E-state index in [9.17, 15) is 10.1 Å². The summed E-state index contributed by atoms with van der Waals surface area (Å²) < 4.78 is 1.03. The number of fused-ring (bicyclic) bond motifs is 1. The molecule has 0 radical (unpaired) electrons. The van der Waals surface area contributed by atoms with E-state index in [1.54, 1.807) is 6.92 Å². The molecule has 6 nitrogen and oxygen atoms in total. The van der Waals surface area contributed by atoms with Crippen LogP contribution in [0, 0.1) is 17.0 Å². The van der Waals surface area contributed by atoms with Crippen molar-refractivity contribution in [1.29, 1.82) is 0 Å². The van der Waals surface area contributed by atoms with Gasteiger partial charge in [0.05, 0.1) is 15.1 Å². The van der Waals surface area contributed by atoms with Crippen LogP contribution in [0.15, 0.2) is 24.3 Å². The number of thiazole rings is 1. The smallest absolute Gasteiger partial charge is 0.258 e. The predicted octanol–water partition coefficient (Wildman–Crippen LogP) is 3.55. The van der Waals surface area contributed by atoms with Crippen molar-refractivity contribution < 1.29 is 4.92 Å². The SMILES string of the molecule is Cc1nc(Cl)nc(Cc2nc3ccccc3s2)c1[N+](=O)[O-]. The zero-order valence-electron chi connectivity index (χ0n) is 10.9. The molecule has 0 saturated heterocycles. The summed E-state index contributed by atoms with van der Waals surface area (Å²) in [5.41, 5.74) is 1.32. The summed E-state index contributed by atoms with van der Waals surface area (Å²) in [4.78, 5) is 23.0. The van der Waals surface area contributed by atoms with Gasteiger partial charge in [-0.1, -0.05) is 12.1 Å². The van der Waals surface area contributed by atoms with E-state index >= 15 is 0 Å². The second-order valence-corrected chi connectivity index (χ2v) is 5.84. The number of nitro groups is 1. The number of halogens is 1. The van der Waals surface area contributed by atoms with Crippen molar-refractivity contribution in [3.63, 3.8) is 0 Å². The Morgan fingerprint density at radius 2 is 2.05 bits per heavy atom. The van der Waals surface area contributed by atoms with Gasteiger partial charge in [0.2, 0.25) is 5.28 Å². The highest BCUT2D eigenvalue weighted by Crippen LogP contribution is 2.28. The van der Waals surface area contributed by atoms with Crippen molar-refractivity contribution in [2.24, 2.45) is 0 Å². The molecule has 0 aliphatic heterocycles. The normalized spacial score (nSPS) is 11.0. The first-order valence-electron chi connectivity index (χ1n) is 6.06. The van der Waals surface area contributed by atoms with Crippen LogP contribution in [0.5, 0.6) is 0 Å². The second kappa shape index (κ2) is 5.34. The van der Waals surface area contributed by atoms with Gasteiger partial charge in [-0.3, -0.25) is 10.1 Å². The molecule has 0 fully saturated rings. The summed E-state index contributed by atoms with van der Waals surface area (Å²) in [6.07, 6.45) is 0.263. The molecule has 0 N–H and O–H groups in total. The minimum atomic E-state index is -0.478. The number of benzene rings is 1. The van der Waals surface area contributed by atoms with Crippen molar-refractivity contribution in [1.82, 2.24) is 15.0 Å². The minimum absolute atomic E-state index is 0.00853. The van der Waals surface area contributed by atoms with Crippen molar-refractivity contribution in [2.75, 3.05) is 0 Å². The molecule has 3 rings (SSSR count).